The van der Waals surface area contributed by atoms with Gasteiger partial charge in [0.15, 0.2) is 5.78 Å². The summed E-state index contributed by atoms with van der Waals surface area (Å²) in [5.41, 5.74) is 0.695. The molecule has 22 heavy (non-hydrogen) atoms. The summed E-state index contributed by atoms with van der Waals surface area (Å²) in [6.07, 6.45) is 2.80. The lowest BCUT2D eigenvalue weighted by Gasteiger charge is -2.21. The Hall–Kier alpha value is -1.68. The molecule has 1 fully saturated rings. The Morgan fingerprint density at radius 3 is 2.50 bits per heavy atom. The Bertz CT molecular complexity index is 487. The molecule has 120 valence electrons. The zero-order valence-electron chi connectivity index (χ0n) is 13.5. The number of nitrogens with zero attached hydrogens (tertiary/aromatic N) is 2. The Morgan fingerprint density at radius 2 is 1.77 bits per heavy atom. The highest BCUT2D eigenvalue weighted by Crippen LogP contribution is 2.09. The Balaban J connectivity index is 1.78. The highest BCUT2D eigenvalue weighted by atomic mass is 16.2. The first-order valence-corrected chi connectivity index (χ1v) is 8.29. The highest BCUT2D eigenvalue weighted by molar-refractivity contribution is 5.97. The summed E-state index contributed by atoms with van der Waals surface area (Å²) < 4.78 is 0. The molecule has 0 atom stereocenters. The van der Waals surface area contributed by atoms with E-state index in [2.05, 4.69) is 11.8 Å². The predicted molar refractivity (Wildman–Crippen MR) is 87.9 cm³/mol. The van der Waals surface area contributed by atoms with Crippen LogP contribution in [0.3, 0.4) is 0 Å². The minimum Gasteiger partial charge on any atom is -0.341 e. The van der Waals surface area contributed by atoms with Crippen LogP contribution in [0.1, 0.15) is 43.0 Å². The molecule has 0 bridgehead atoms. The van der Waals surface area contributed by atoms with Crippen molar-refractivity contribution in [2.24, 2.45) is 0 Å². The van der Waals surface area contributed by atoms with Gasteiger partial charge in [-0.3, -0.25) is 9.59 Å². The van der Waals surface area contributed by atoms with E-state index in [9.17, 15) is 9.59 Å². The summed E-state index contributed by atoms with van der Waals surface area (Å²) in [6.45, 7) is 6.92. The lowest BCUT2D eigenvalue weighted by atomic mass is 10.1. The van der Waals surface area contributed by atoms with Gasteiger partial charge in [-0.25, -0.2) is 0 Å². The molecule has 2 rings (SSSR count). The van der Waals surface area contributed by atoms with Gasteiger partial charge in [0.25, 0.3) is 0 Å². The van der Waals surface area contributed by atoms with Crippen LogP contribution in [0.25, 0.3) is 0 Å². The molecule has 1 aromatic rings. The van der Waals surface area contributed by atoms with Crippen molar-refractivity contribution in [3.63, 3.8) is 0 Å². The fourth-order valence-corrected chi connectivity index (χ4v) is 2.91. The lowest BCUT2D eigenvalue weighted by molar-refractivity contribution is -0.131. The van der Waals surface area contributed by atoms with Crippen LogP contribution in [0.5, 0.6) is 0 Å². The van der Waals surface area contributed by atoms with Gasteiger partial charge in [-0.15, -0.1) is 0 Å². The molecule has 4 nitrogen and oxygen atoms in total. The molecule has 0 spiro atoms. The maximum atomic E-state index is 12.3. The van der Waals surface area contributed by atoms with Crippen LogP contribution >= 0.6 is 0 Å². The molecule has 1 aromatic carbocycles. The first-order chi connectivity index (χ1) is 10.7. The number of carbonyl (C=O) groups is 2. The third-order valence-corrected chi connectivity index (χ3v) is 4.14. The minimum absolute atomic E-state index is 0.0522. The average molecular weight is 302 g/mol. The zero-order chi connectivity index (χ0) is 15.8. The molecule has 1 amide bonds. The molecular formula is C18H26N2O2. The Morgan fingerprint density at radius 1 is 1.00 bits per heavy atom. The van der Waals surface area contributed by atoms with Crippen molar-refractivity contribution < 1.29 is 9.59 Å². The second kappa shape index (κ2) is 8.69. The van der Waals surface area contributed by atoms with Crippen molar-refractivity contribution in [3.8, 4) is 0 Å². The standard InChI is InChI=1S/C18H26N2O2/c1-2-11-19-12-6-13-20(15-14-19)18(22)10-9-17(21)16-7-4-3-5-8-16/h3-5,7-8H,2,6,9-15H2,1H3. The quantitative estimate of drug-likeness (QED) is 0.758. The van der Waals surface area contributed by atoms with Crippen molar-refractivity contribution in [1.29, 1.82) is 0 Å². The zero-order valence-corrected chi connectivity index (χ0v) is 13.5. The summed E-state index contributed by atoms with van der Waals surface area (Å²) in [4.78, 5) is 28.7. The van der Waals surface area contributed by atoms with Gasteiger partial charge < -0.3 is 9.80 Å². The van der Waals surface area contributed by atoms with E-state index in [1.165, 1.54) is 0 Å². The van der Waals surface area contributed by atoms with E-state index in [0.29, 0.717) is 18.4 Å². The summed E-state index contributed by atoms with van der Waals surface area (Å²) in [5, 5.41) is 0. The third kappa shape index (κ3) is 4.95. The predicted octanol–water partition coefficient (Wildman–Crippen LogP) is 2.59. The Labute approximate surface area is 133 Å². The van der Waals surface area contributed by atoms with Crippen molar-refractivity contribution >= 4 is 11.7 Å². The van der Waals surface area contributed by atoms with E-state index in [-0.39, 0.29) is 11.7 Å². The van der Waals surface area contributed by atoms with Crippen LogP contribution in [0.15, 0.2) is 30.3 Å². The lowest BCUT2D eigenvalue weighted by Crippen LogP contribution is -2.35. The molecule has 0 aliphatic carbocycles. The number of hydrogen-bond acceptors (Lipinski definition) is 3. The second-order valence-corrected chi connectivity index (χ2v) is 5.87. The topological polar surface area (TPSA) is 40.6 Å². The number of ketones is 1. The van der Waals surface area contributed by atoms with Gasteiger partial charge in [-0.2, -0.15) is 0 Å². The van der Waals surface area contributed by atoms with Crippen molar-refractivity contribution in [2.45, 2.75) is 32.6 Å². The van der Waals surface area contributed by atoms with Crippen LogP contribution in [0.4, 0.5) is 0 Å². The first-order valence-electron chi connectivity index (χ1n) is 8.29. The molecule has 0 radical (unpaired) electrons. The van der Waals surface area contributed by atoms with E-state index >= 15 is 0 Å². The molecule has 0 unspecified atom stereocenters. The van der Waals surface area contributed by atoms with Gasteiger partial charge in [-0.05, 0) is 25.9 Å². The number of hydrogen-bond donors (Lipinski definition) is 0. The summed E-state index contributed by atoms with van der Waals surface area (Å²) >= 11 is 0. The van der Waals surface area contributed by atoms with Crippen molar-refractivity contribution in [3.05, 3.63) is 35.9 Å². The number of carbonyl (C=O) groups excluding carboxylic acids is 2. The summed E-state index contributed by atoms with van der Waals surface area (Å²) in [5.74, 6) is 0.166. The largest absolute Gasteiger partial charge is 0.341 e. The van der Waals surface area contributed by atoms with E-state index < -0.39 is 0 Å². The average Bonchev–Trinajstić information content (AvgIpc) is 2.79. The monoisotopic (exact) mass is 302 g/mol. The molecule has 1 saturated heterocycles. The Kier molecular flexibility index (Phi) is 6.59. The number of rotatable bonds is 6. The third-order valence-electron chi connectivity index (χ3n) is 4.14. The van der Waals surface area contributed by atoms with Crippen LogP contribution < -0.4 is 0 Å². The molecule has 0 saturated carbocycles. The maximum absolute atomic E-state index is 12.3. The molecular weight excluding hydrogens is 276 g/mol. The van der Waals surface area contributed by atoms with Crippen LogP contribution in [-0.4, -0.2) is 54.2 Å². The fraction of sp³-hybridized carbons (Fsp3) is 0.556. The van der Waals surface area contributed by atoms with Gasteiger partial charge in [0.05, 0.1) is 0 Å². The SMILES string of the molecule is CCCN1CCCN(C(=O)CCC(=O)c2ccccc2)CC1. The van der Waals surface area contributed by atoms with Gasteiger partial charge in [-0.1, -0.05) is 37.3 Å². The van der Waals surface area contributed by atoms with E-state index in [1.807, 2.05) is 23.1 Å². The fourth-order valence-electron chi connectivity index (χ4n) is 2.91. The molecule has 1 heterocycles. The minimum atomic E-state index is 0.0522. The van der Waals surface area contributed by atoms with Gasteiger partial charge >= 0.3 is 0 Å². The van der Waals surface area contributed by atoms with E-state index in [0.717, 1.165) is 45.6 Å². The van der Waals surface area contributed by atoms with Gasteiger partial charge in [0, 0.05) is 38.0 Å². The highest BCUT2D eigenvalue weighted by Gasteiger charge is 2.19. The van der Waals surface area contributed by atoms with Crippen LogP contribution in [-0.2, 0) is 4.79 Å². The van der Waals surface area contributed by atoms with Crippen LogP contribution in [0.2, 0.25) is 0 Å². The summed E-state index contributed by atoms with van der Waals surface area (Å²) in [7, 11) is 0. The molecule has 0 N–H and O–H groups in total. The molecule has 1 aliphatic rings. The van der Waals surface area contributed by atoms with Crippen molar-refractivity contribution in [1.82, 2.24) is 9.80 Å². The number of amides is 1. The number of Topliss-reactive ketones (excluding diaryl/α,β-unsaturated/α-hetero) is 1. The first kappa shape index (κ1) is 16.7. The second-order valence-electron chi connectivity index (χ2n) is 5.87. The molecule has 1 aliphatic heterocycles. The van der Waals surface area contributed by atoms with Crippen molar-refractivity contribution in [2.75, 3.05) is 32.7 Å². The molecule has 4 heteroatoms. The van der Waals surface area contributed by atoms with Crippen LogP contribution in [0, 0.1) is 0 Å². The smallest absolute Gasteiger partial charge is 0.223 e. The van der Waals surface area contributed by atoms with E-state index in [4.69, 9.17) is 0 Å². The van der Waals surface area contributed by atoms with Gasteiger partial charge in [0.2, 0.25) is 5.91 Å². The molecule has 0 aromatic heterocycles. The van der Waals surface area contributed by atoms with Gasteiger partial charge in [0.1, 0.15) is 0 Å². The summed E-state index contributed by atoms with van der Waals surface area (Å²) in [6, 6.07) is 9.21. The van der Waals surface area contributed by atoms with E-state index in [1.54, 1.807) is 12.1 Å². The number of benzene rings is 1. The maximum Gasteiger partial charge on any atom is 0.223 e. The normalized spacial score (nSPS) is 16.3.